The van der Waals surface area contributed by atoms with Crippen LogP contribution in [0, 0.1) is 0 Å². The number of carbonyl (C=O) groups is 1. The van der Waals surface area contributed by atoms with Crippen LogP contribution in [0.1, 0.15) is 18.2 Å². The lowest BCUT2D eigenvalue weighted by Crippen LogP contribution is -2.31. The number of thioether (sulfide) groups is 2. The van der Waals surface area contributed by atoms with Crippen LogP contribution in [0.2, 0.25) is 0 Å². The number of para-hydroxylation sites is 2. The summed E-state index contributed by atoms with van der Waals surface area (Å²) < 4.78 is 1.65. The smallest absolute Gasteiger partial charge is 0.272 e. The molecule has 1 atom stereocenters. The Hall–Kier alpha value is -2.51. The zero-order valence-electron chi connectivity index (χ0n) is 16.6. The summed E-state index contributed by atoms with van der Waals surface area (Å²) in [6.07, 6.45) is 1.67. The third kappa shape index (κ3) is 3.46. The molecule has 0 aliphatic carbocycles. The maximum atomic E-state index is 13.3. The highest BCUT2D eigenvalue weighted by Gasteiger charge is 2.28. The monoisotopic (exact) mass is 435 g/mol. The SMILES string of the molecule is C[C@H]1Cc2nc(SCC(=O)N3CCc4ccccc43)n(-c3ccccc3)c(=O)c2S1. The van der Waals surface area contributed by atoms with Gasteiger partial charge in [-0.3, -0.25) is 14.2 Å². The first-order valence-electron chi connectivity index (χ1n) is 10.0. The Balaban J connectivity index is 1.46. The summed E-state index contributed by atoms with van der Waals surface area (Å²) in [4.78, 5) is 33.7. The standard InChI is InChI=1S/C23H21N3O2S2/c1-15-13-18-21(30-15)22(28)26(17-8-3-2-4-9-17)23(24-18)29-14-20(27)25-12-11-16-7-5-6-10-19(16)25/h2-10,15H,11-14H2,1H3/t15-/m0/s1. The minimum atomic E-state index is -0.0398. The third-order valence-electron chi connectivity index (χ3n) is 5.41. The first-order chi connectivity index (χ1) is 14.6. The number of benzene rings is 2. The first kappa shape index (κ1) is 19.5. The number of carbonyl (C=O) groups excluding carboxylic acids is 1. The third-order valence-corrected chi connectivity index (χ3v) is 7.55. The average molecular weight is 436 g/mol. The second-order valence-electron chi connectivity index (χ2n) is 7.49. The van der Waals surface area contributed by atoms with Crippen molar-refractivity contribution in [2.75, 3.05) is 17.2 Å². The van der Waals surface area contributed by atoms with Crippen LogP contribution in [-0.4, -0.2) is 33.0 Å². The van der Waals surface area contributed by atoms with E-state index in [1.54, 1.807) is 16.3 Å². The summed E-state index contributed by atoms with van der Waals surface area (Å²) in [5.41, 5.74) is 3.79. The van der Waals surface area contributed by atoms with Crippen LogP contribution in [0.3, 0.4) is 0 Å². The molecule has 2 aliphatic rings. The Bertz CT molecular complexity index is 1180. The number of hydrogen-bond acceptors (Lipinski definition) is 5. The normalized spacial score (nSPS) is 17.1. The highest BCUT2D eigenvalue weighted by Crippen LogP contribution is 2.35. The van der Waals surface area contributed by atoms with Gasteiger partial charge >= 0.3 is 0 Å². The van der Waals surface area contributed by atoms with Crippen molar-refractivity contribution in [3.05, 3.63) is 76.2 Å². The molecule has 0 bridgehead atoms. The van der Waals surface area contributed by atoms with Gasteiger partial charge in [-0.05, 0) is 30.2 Å². The van der Waals surface area contributed by atoms with Crippen LogP contribution in [0.4, 0.5) is 5.69 Å². The molecule has 0 N–H and O–H groups in total. The molecular formula is C23H21N3O2S2. The molecule has 0 saturated carbocycles. The van der Waals surface area contributed by atoms with E-state index in [1.807, 2.05) is 53.4 Å². The van der Waals surface area contributed by atoms with E-state index in [9.17, 15) is 9.59 Å². The lowest BCUT2D eigenvalue weighted by Gasteiger charge is -2.18. The number of fused-ring (bicyclic) bond motifs is 2. The van der Waals surface area contributed by atoms with Crippen LogP contribution in [0.25, 0.3) is 5.69 Å². The fourth-order valence-electron chi connectivity index (χ4n) is 4.00. The molecule has 5 nitrogen and oxygen atoms in total. The van der Waals surface area contributed by atoms with Gasteiger partial charge in [-0.2, -0.15) is 0 Å². The molecule has 0 radical (unpaired) electrons. The van der Waals surface area contributed by atoms with Crippen LogP contribution < -0.4 is 10.5 Å². The van der Waals surface area contributed by atoms with Crippen molar-refractivity contribution in [3.63, 3.8) is 0 Å². The molecule has 3 heterocycles. The largest absolute Gasteiger partial charge is 0.311 e. The van der Waals surface area contributed by atoms with E-state index in [2.05, 4.69) is 13.0 Å². The van der Waals surface area contributed by atoms with Crippen molar-refractivity contribution in [3.8, 4) is 5.69 Å². The van der Waals surface area contributed by atoms with Gasteiger partial charge in [0.15, 0.2) is 5.16 Å². The predicted molar refractivity (Wildman–Crippen MR) is 122 cm³/mol. The van der Waals surface area contributed by atoms with Gasteiger partial charge in [0.05, 0.1) is 22.0 Å². The Morgan fingerprint density at radius 3 is 2.77 bits per heavy atom. The van der Waals surface area contributed by atoms with Crippen molar-refractivity contribution >= 4 is 35.1 Å². The van der Waals surface area contributed by atoms with Crippen molar-refractivity contribution in [1.29, 1.82) is 0 Å². The fourth-order valence-corrected chi connectivity index (χ4v) is 6.00. The van der Waals surface area contributed by atoms with E-state index < -0.39 is 0 Å². The maximum absolute atomic E-state index is 13.3. The second kappa shape index (κ2) is 7.96. The van der Waals surface area contributed by atoms with Gasteiger partial charge in [0.25, 0.3) is 5.56 Å². The molecule has 0 fully saturated rings. The minimum Gasteiger partial charge on any atom is -0.311 e. The molecule has 1 amide bonds. The number of nitrogens with zero attached hydrogens (tertiary/aromatic N) is 3. The van der Waals surface area contributed by atoms with Gasteiger partial charge in [0.1, 0.15) is 0 Å². The molecule has 7 heteroatoms. The van der Waals surface area contributed by atoms with Gasteiger partial charge in [-0.25, -0.2) is 4.98 Å². The maximum Gasteiger partial charge on any atom is 0.272 e. The number of rotatable bonds is 4. The highest BCUT2D eigenvalue weighted by molar-refractivity contribution is 8.00. The summed E-state index contributed by atoms with van der Waals surface area (Å²) in [5.74, 6) is 0.289. The summed E-state index contributed by atoms with van der Waals surface area (Å²) in [5, 5.41) is 0.924. The van der Waals surface area contributed by atoms with Gasteiger partial charge in [-0.1, -0.05) is 55.1 Å². The molecule has 0 saturated heterocycles. The van der Waals surface area contributed by atoms with E-state index in [-0.39, 0.29) is 17.2 Å². The Labute approximate surface area is 183 Å². The molecule has 152 valence electrons. The van der Waals surface area contributed by atoms with E-state index in [1.165, 1.54) is 17.3 Å². The van der Waals surface area contributed by atoms with Gasteiger partial charge in [0.2, 0.25) is 5.91 Å². The lowest BCUT2D eigenvalue weighted by atomic mass is 10.2. The fraction of sp³-hybridized carbons (Fsp3) is 0.261. The van der Waals surface area contributed by atoms with E-state index >= 15 is 0 Å². The van der Waals surface area contributed by atoms with Gasteiger partial charge in [-0.15, -0.1) is 11.8 Å². The quantitative estimate of drug-likeness (QED) is 0.459. The zero-order chi connectivity index (χ0) is 20.7. The van der Waals surface area contributed by atoms with Gasteiger partial charge < -0.3 is 4.90 Å². The minimum absolute atomic E-state index is 0.0398. The molecule has 2 aromatic carbocycles. The van der Waals surface area contributed by atoms with Crippen LogP contribution in [0.5, 0.6) is 0 Å². The second-order valence-corrected chi connectivity index (χ2v) is 9.88. The molecule has 1 aromatic heterocycles. The van der Waals surface area contributed by atoms with Crippen molar-refractivity contribution in [2.45, 2.75) is 35.1 Å². The molecule has 2 aliphatic heterocycles. The van der Waals surface area contributed by atoms with Crippen LogP contribution >= 0.6 is 23.5 Å². The van der Waals surface area contributed by atoms with Gasteiger partial charge in [0, 0.05) is 23.9 Å². The van der Waals surface area contributed by atoms with Crippen LogP contribution in [-0.2, 0) is 17.6 Å². The molecule has 5 rings (SSSR count). The number of anilines is 1. The highest BCUT2D eigenvalue weighted by atomic mass is 32.2. The summed E-state index contributed by atoms with van der Waals surface area (Å²) in [6, 6.07) is 17.6. The topological polar surface area (TPSA) is 55.2 Å². The molecule has 0 unspecified atom stereocenters. The molecule has 0 spiro atoms. The van der Waals surface area contributed by atoms with Crippen molar-refractivity contribution in [2.24, 2.45) is 0 Å². The zero-order valence-corrected chi connectivity index (χ0v) is 18.2. The summed E-state index contributed by atoms with van der Waals surface area (Å²) in [7, 11) is 0. The van der Waals surface area contributed by atoms with E-state index in [0.29, 0.717) is 17.0 Å². The molecular weight excluding hydrogens is 414 g/mol. The summed E-state index contributed by atoms with van der Waals surface area (Å²) in [6.45, 7) is 2.82. The molecule has 30 heavy (non-hydrogen) atoms. The predicted octanol–water partition coefficient (Wildman–Crippen LogP) is 3.95. The number of aromatic nitrogens is 2. The van der Waals surface area contributed by atoms with Crippen molar-refractivity contribution in [1.82, 2.24) is 9.55 Å². The Morgan fingerprint density at radius 2 is 1.93 bits per heavy atom. The first-order valence-corrected chi connectivity index (χ1v) is 11.9. The lowest BCUT2D eigenvalue weighted by molar-refractivity contribution is -0.116. The number of hydrogen-bond donors (Lipinski definition) is 0. The van der Waals surface area contributed by atoms with E-state index in [4.69, 9.17) is 4.98 Å². The molecule has 3 aromatic rings. The Kier molecular flexibility index (Phi) is 5.16. The summed E-state index contributed by atoms with van der Waals surface area (Å²) >= 11 is 2.94. The number of amides is 1. The average Bonchev–Trinajstić information content (AvgIpc) is 3.36. The Morgan fingerprint density at radius 1 is 1.17 bits per heavy atom. The van der Waals surface area contributed by atoms with Crippen molar-refractivity contribution < 1.29 is 4.79 Å². The van der Waals surface area contributed by atoms with Crippen LogP contribution in [0.15, 0.2) is 69.4 Å². The van der Waals surface area contributed by atoms with E-state index in [0.717, 1.165) is 34.8 Å².